The van der Waals surface area contributed by atoms with Gasteiger partial charge in [-0.2, -0.15) is 0 Å². The quantitative estimate of drug-likeness (QED) is 0.792. The molecule has 1 aliphatic rings. The fraction of sp³-hybridized carbons (Fsp3) is 0.750. The molecule has 2 heterocycles. The van der Waals surface area contributed by atoms with Crippen LogP contribution in [0.3, 0.4) is 0 Å². The standard InChI is InChI=1S/C18H29N3O4.C2H6.H2/c1-17(2,3)13-10-14(25-20-13)19-16(23)12-8-7-9-21(12)11-15(22)24-18(4,5)6;1-2;/h10,12H,7-9,11H2,1-6H3,(H,19,23);1-2H3;1H/t12-;;/m0../s1. The molecule has 1 N–H and O–H groups in total. The summed E-state index contributed by atoms with van der Waals surface area (Å²) < 4.78 is 10.6. The van der Waals surface area contributed by atoms with Gasteiger partial charge in [-0.1, -0.05) is 39.8 Å². The third-order valence-electron chi connectivity index (χ3n) is 3.94. The number of hydrogen-bond donors (Lipinski definition) is 1. The third-order valence-corrected chi connectivity index (χ3v) is 3.94. The number of esters is 1. The zero-order chi connectivity index (χ0) is 20.8. The molecule has 0 saturated carbocycles. The maximum Gasteiger partial charge on any atom is 0.320 e. The summed E-state index contributed by atoms with van der Waals surface area (Å²) in [5.41, 5.74) is 0.0974. The van der Waals surface area contributed by atoms with Gasteiger partial charge in [0.25, 0.3) is 0 Å². The molecule has 2 rings (SSSR count). The van der Waals surface area contributed by atoms with Crippen LogP contribution in [-0.4, -0.2) is 46.7 Å². The van der Waals surface area contributed by atoms with E-state index in [1.807, 2.05) is 60.3 Å². The molecule has 27 heavy (non-hydrogen) atoms. The number of aromatic nitrogens is 1. The van der Waals surface area contributed by atoms with Gasteiger partial charge in [-0.25, -0.2) is 0 Å². The fourth-order valence-corrected chi connectivity index (χ4v) is 2.74. The van der Waals surface area contributed by atoms with Crippen molar-refractivity contribution in [3.8, 4) is 0 Å². The van der Waals surface area contributed by atoms with Crippen LogP contribution in [0.15, 0.2) is 10.6 Å². The van der Waals surface area contributed by atoms with Crippen molar-refractivity contribution in [3.63, 3.8) is 0 Å². The Morgan fingerprint density at radius 2 is 1.93 bits per heavy atom. The number of ether oxygens (including phenoxy) is 1. The number of anilines is 1. The first-order valence-corrected chi connectivity index (χ1v) is 9.70. The highest BCUT2D eigenvalue weighted by molar-refractivity contribution is 5.94. The molecular formula is C20H37N3O4. The second-order valence-corrected chi connectivity index (χ2v) is 8.53. The van der Waals surface area contributed by atoms with Crippen molar-refractivity contribution in [2.24, 2.45) is 0 Å². The molecule has 0 aromatic carbocycles. The Morgan fingerprint density at radius 1 is 1.30 bits per heavy atom. The van der Waals surface area contributed by atoms with Crippen LogP contribution in [0.5, 0.6) is 0 Å². The molecule has 1 aliphatic heterocycles. The van der Waals surface area contributed by atoms with Crippen LogP contribution in [0.25, 0.3) is 0 Å². The van der Waals surface area contributed by atoms with Crippen molar-refractivity contribution >= 4 is 17.8 Å². The van der Waals surface area contributed by atoms with E-state index in [1.54, 1.807) is 6.07 Å². The first-order chi connectivity index (χ1) is 12.5. The highest BCUT2D eigenvalue weighted by atomic mass is 16.6. The van der Waals surface area contributed by atoms with Gasteiger partial charge in [0.05, 0.1) is 18.3 Å². The average Bonchev–Trinajstić information content (AvgIpc) is 3.16. The number of amides is 1. The smallest absolute Gasteiger partial charge is 0.320 e. The predicted octanol–water partition coefficient (Wildman–Crippen LogP) is 3.99. The van der Waals surface area contributed by atoms with E-state index in [-0.39, 0.29) is 31.3 Å². The van der Waals surface area contributed by atoms with Crippen molar-refractivity contribution in [2.45, 2.75) is 85.3 Å². The molecule has 0 aliphatic carbocycles. The lowest BCUT2D eigenvalue weighted by Crippen LogP contribution is -2.43. The van der Waals surface area contributed by atoms with E-state index in [0.717, 1.165) is 12.1 Å². The molecule has 0 unspecified atom stereocenters. The predicted molar refractivity (Wildman–Crippen MR) is 108 cm³/mol. The average molecular weight is 384 g/mol. The van der Waals surface area contributed by atoms with E-state index in [2.05, 4.69) is 10.5 Å². The molecule has 1 aromatic heterocycles. The largest absolute Gasteiger partial charge is 0.459 e. The maximum absolute atomic E-state index is 12.6. The summed E-state index contributed by atoms with van der Waals surface area (Å²) in [5, 5.41) is 6.76. The Bertz CT molecular complexity index is 632. The molecule has 0 bridgehead atoms. The third kappa shape index (κ3) is 7.33. The van der Waals surface area contributed by atoms with Gasteiger partial charge in [-0.05, 0) is 40.2 Å². The first-order valence-electron chi connectivity index (χ1n) is 9.70. The summed E-state index contributed by atoms with van der Waals surface area (Å²) in [4.78, 5) is 26.4. The first kappa shape index (κ1) is 23.1. The van der Waals surface area contributed by atoms with E-state index >= 15 is 0 Å². The van der Waals surface area contributed by atoms with Gasteiger partial charge in [0.1, 0.15) is 5.60 Å². The Hall–Kier alpha value is -1.89. The summed E-state index contributed by atoms with van der Waals surface area (Å²) in [6.07, 6.45) is 1.57. The number of nitrogens with one attached hydrogen (secondary N) is 1. The zero-order valence-electron chi connectivity index (χ0n) is 18.0. The summed E-state index contributed by atoms with van der Waals surface area (Å²) in [6, 6.07) is 1.38. The molecule has 0 spiro atoms. The Labute approximate surface area is 164 Å². The van der Waals surface area contributed by atoms with Gasteiger partial charge in [0.15, 0.2) is 0 Å². The zero-order valence-corrected chi connectivity index (χ0v) is 18.0. The molecular weight excluding hydrogens is 346 g/mol. The van der Waals surface area contributed by atoms with E-state index in [4.69, 9.17) is 9.26 Å². The van der Waals surface area contributed by atoms with Crippen LogP contribution in [-0.2, 0) is 19.7 Å². The molecule has 1 atom stereocenters. The Balaban J connectivity index is 0.00000235. The van der Waals surface area contributed by atoms with Crippen LogP contribution in [0.1, 0.15) is 75.4 Å². The van der Waals surface area contributed by atoms with Gasteiger partial charge in [0, 0.05) is 12.9 Å². The van der Waals surface area contributed by atoms with Gasteiger partial charge in [-0.15, -0.1) is 0 Å². The van der Waals surface area contributed by atoms with Crippen molar-refractivity contribution in [1.82, 2.24) is 10.1 Å². The molecule has 7 heteroatoms. The van der Waals surface area contributed by atoms with Crippen LogP contribution in [0.2, 0.25) is 0 Å². The van der Waals surface area contributed by atoms with E-state index in [0.29, 0.717) is 18.8 Å². The Kier molecular flexibility index (Phi) is 8.02. The van der Waals surface area contributed by atoms with Gasteiger partial charge >= 0.3 is 5.97 Å². The van der Waals surface area contributed by atoms with E-state index in [1.165, 1.54) is 0 Å². The second kappa shape index (κ2) is 9.35. The number of carbonyl (C=O) groups excluding carboxylic acids is 2. The molecule has 1 aromatic rings. The normalized spacial score (nSPS) is 17.9. The van der Waals surface area contributed by atoms with Crippen LogP contribution in [0.4, 0.5) is 5.88 Å². The van der Waals surface area contributed by atoms with E-state index < -0.39 is 5.60 Å². The minimum atomic E-state index is -0.530. The van der Waals surface area contributed by atoms with Gasteiger partial charge in [0.2, 0.25) is 11.8 Å². The molecule has 1 fully saturated rings. The summed E-state index contributed by atoms with van der Waals surface area (Å²) in [5.74, 6) is -0.168. The summed E-state index contributed by atoms with van der Waals surface area (Å²) >= 11 is 0. The molecule has 1 amide bonds. The number of carbonyl (C=O) groups is 2. The highest BCUT2D eigenvalue weighted by Crippen LogP contribution is 2.25. The van der Waals surface area contributed by atoms with Gasteiger partial charge < -0.3 is 9.26 Å². The van der Waals surface area contributed by atoms with Crippen LogP contribution >= 0.6 is 0 Å². The molecule has 0 radical (unpaired) electrons. The number of hydrogen-bond acceptors (Lipinski definition) is 6. The SMILES string of the molecule is CC.CC(C)(C)OC(=O)CN1CCC[C@H]1C(=O)Nc1cc(C(C)(C)C)no1.[HH]. The fourth-order valence-electron chi connectivity index (χ4n) is 2.74. The number of rotatable bonds is 4. The monoisotopic (exact) mass is 383 g/mol. The number of likely N-dealkylation sites (tertiary alicyclic amines) is 1. The van der Waals surface area contributed by atoms with Crippen LogP contribution in [0, 0.1) is 0 Å². The summed E-state index contributed by atoms with van der Waals surface area (Å²) in [6.45, 7) is 16.4. The Morgan fingerprint density at radius 3 is 2.44 bits per heavy atom. The van der Waals surface area contributed by atoms with Crippen molar-refractivity contribution in [3.05, 3.63) is 11.8 Å². The molecule has 156 valence electrons. The maximum atomic E-state index is 12.6. The lowest BCUT2D eigenvalue weighted by atomic mass is 9.92. The van der Waals surface area contributed by atoms with Crippen LogP contribution < -0.4 is 5.32 Å². The minimum Gasteiger partial charge on any atom is -0.459 e. The lowest BCUT2D eigenvalue weighted by molar-refractivity contribution is -0.156. The second-order valence-electron chi connectivity index (χ2n) is 8.53. The minimum absolute atomic E-state index is 0. The van der Waals surface area contributed by atoms with Gasteiger partial charge in [-0.3, -0.25) is 19.8 Å². The highest BCUT2D eigenvalue weighted by Gasteiger charge is 2.33. The van der Waals surface area contributed by atoms with E-state index in [9.17, 15) is 9.59 Å². The van der Waals surface area contributed by atoms with Crippen molar-refractivity contribution in [2.75, 3.05) is 18.4 Å². The summed E-state index contributed by atoms with van der Waals surface area (Å²) in [7, 11) is 0. The van der Waals surface area contributed by atoms with Crippen molar-refractivity contribution in [1.29, 1.82) is 0 Å². The lowest BCUT2D eigenvalue weighted by Gasteiger charge is -2.25. The molecule has 7 nitrogen and oxygen atoms in total. The number of nitrogens with zero attached hydrogens (tertiary/aromatic N) is 2. The molecule has 1 saturated heterocycles. The van der Waals surface area contributed by atoms with Crippen molar-refractivity contribution < 1.29 is 20.3 Å². The topological polar surface area (TPSA) is 84.7 Å².